The van der Waals surface area contributed by atoms with Crippen molar-refractivity contribution in [2.24, 2.45) is 11.8 Å². The molecule has 16 heavy (non-hydrogen) atoms. The minimum atomic E-state index is 0.143. The number of rotatable bonds is 4. The average Bonchev–Trinajstić information content (AvgIpc) is 2.88. The maximum absolute atomic E-state index is 11.8. The fourth-order valence-electron chi connectivity index (χ4n) is 2.12. The van der Waals surface area contributed by atoms with E-state index >= 15 is 0 Å². The molecule has 2 atom stereocenters. The lowest BCUT2D eigenvalue weighted by Gasteiger charge is -2.14. The zero-order valence-electron chi connectivity index (χ0n) is 9.65. The Morgan fingerprint density at radius 3 is 2.81 bits per heavy atom. The Bertz CT molecular complexity index is 334. The second kappa shape index (κ2) is 5.16. The van der Waals surface area contributed by atoms with Gasteiger partial charge in [-0.3, -0.25) is 4.79 Å². The van der Waals surface area contributed by atoms with Crippen molar-refractivity contribution in [1.29, 1.82) is 0 Å². The Morgan fingerprint density at radius 2 is 2.19 bits per heavy atom. The molecule has 0 radical (unpaired) electrons. The Hall–Kier alpha value is -1.29. The van der Waals surface area contributed by atoms with E-state index in [0.717, 1.165) is 19.6 Å². The van der Waals surface area contributed by atoms with Crippen molar-refractivity contribution in [3.8, 4) is 0 Å². The molecule has 1 saturated heterocycles. The third kappa shape index (κ3) is 2.64. The maximum atomic E-state index is 11.8. The third-order valence-corrected chi connectivity index (χ3v) is 3.19. The normalized spacial score (nSPS) is 24.6. The molecule has 1 aliphatic rings. The van der Waals surface area contributed by atoms with Crippen LogP contribution in [0.5, 0.6) is 0 Å². The maximum Gasteiger partial charge on any atom is 0.224 e. The van der Waals surface area contributed by atoms with E-state index in [9.17, 15) is 4.79 Å². The third-order valence-electron chi connectivity index (χ3n) is 3.19. The van der Waals surface area contributed by atoms with Crippen LogP contribution < -0.4 is 10.6 Å². The molecule has 2 N–H and O–H groups in total. The highest BCUT2D eigenvalue weighted by molar-refractivity contribution is 5.79. The average molecular weight is 221 g/mol. The zero-order valence-corrected chi connectivity index (χ0v) is 9.65. The van der Waals surface area contributed by atoms with Gasteiger partial charge in [0.1, 0.15) is 0 Å². The fraction of sp³-hybridized carbons (Fsp3) is 0.583. The van der Waals surface area contributed by atoms with Crippen molar-refractivity contribution >= 4 is 5.91 Å². The lowest BCUT2D eigenvalue weighted by atomic mass is 9.97. The highest BCUT2D eigenvalue weighted by Gasteiger charge is 2.28. The molecule has 4 heteroatoms. The lowest BCUT2D eigenvalue weighted by Crippen LogP contribution is -2.36. The van der Waals surface area contributed by atoms with E-state index in [1.54, 1.807) is 0 Å². The van der Waals surface area contributed by atoms with E-state index < -0.39 is 0 Å². The van der Waals surface area contributed by atoms with Crippen LogP contribution in [-0.2, 0) is 11.3 Å². The summed E-state index contributed by atoms with van der Waals surface area (Å²) in [5.41, 5.74) is 0. The van der Waals surface area contributed by atoms with E-state index in [4.69, 9.17) is 0 Å². The van der Waals surface area contributed by atoms with Crippen molar-refractivity contribution in [3.05, 3.63) is 24.5 Å². The van der Waals surface area contributed by atoms with Gasteiger partial charge in [0.2, 0.25) is 5.91 Å². The molecule has 1 aliphatic heterocycles. The van der Waals surface area contributed by atoms with E-state index in [-0.39, 0.29) is 11.8 Å². The molecule has 1 aromatic heterocycles. The van der Waals surface area contributed by atoms with Crippen LogP contribution in [0.1, 0.15) is 6.92 Å². The Balaban J connectivity index is 1.71. The summed E-state index contributed by atoms with van der Waals surface area (Å²) >= 11 is 0. The number of carbonyl (C=O) groups excluding carboxylic acids is 1. The predicted octanol–water partition coefficient (Wildman–Crippen LogP) is 0.460. The zero-order chi connectivity index (χ0) is 11.4. The minimum absolute atomic E-state index is 0.143. The molecule has 0 aromatic carbocycles. The van der Waals surface area contributed by atoms with Gasteiger partial charge >= 0.3 is 0 Å². The summed E-state index contributed by atoms with van der Waals surface area (Å²) in [5.74, 6) is 0.779. The first-order chi connectivity index (χ1) is 7.77. The van der Waals surface area contributed by atoms with Crippen LogP contribution in [0, 0.1) is 11.8 Å². The molecule has 0 bridgehead atoms. The molecular formula is C12H19N3O. The molecule has 1 fully saturated rings. The number of carbonyl (C=O) groups is 1. The Labute approximate surface area is 96.0 Å². The second-order valence-corrected chi connectivity index (χ2v) is 4.45. The van der Waals surface area contributed by atoms with Crippen molar-refractivity contribution in [2.45, 2.75) is 13.5 Å². The van der Waals surface area contributed by atoms with E-state index in [0.29, 0.717) is 12.5 Å². The molecule has 88 valence electrons. The minimum Gasteiger partial charge on any atom is -0.354 e. The number of nitrogens with zero attached hydrogens (tertiary/aromatic N) is 1. The predicted molar refractivity (Wildman–Crippen MR) is 63.0 cm³/mol. The molecule has 2 rings (SSSR count). The smallest absolute Gasteiger partial charge is 0.224 e. The lowest BCUT2D eigenvalue weighted by molar-refractivity contribution is -0.125. The van der Waals surface area contributed by atoms with Crippen LogP contribution in [0.25, 0.3) is 0 Å². The topological polar surface area (TPSA) is 46.1 Å². The van der Waals surface area contributed by atoms with Gasteiger partial charge in [-0.1, -0.05) is 6.92 Å². The Kier molecular flexibility index (Phi) is 3.62. The molecule has 4 nitrogen and oxygen atoms in total. The molecule has 2 heterocycles. The molecule has 0 saturated carbocycles. The van der Waals surface area contributed by atoms with Gasteiger partial charge in [0.25, 0.3) is 0 Å². The standard InChI is InChI=1S/C12H19N3O/c1-10-8-13-9-11(10)12(16)14-4-7-15-5-2-3-6-15/h2-3,5-6,10-11,13H,4,7-9H2,1H3,(H,14,16). The number of hydrogen-bond donors (Lipinski definition) is 2. The van der Waals surface area contributed by atoms with Crippen molar-refractivity contribution < 1.29 is 4.79 Å². The van der Waals surface area contributed by atoms with Crippen LogP contribution in [0.15, 0.2) is 24.5 Å². The van der Waals surface area contributed by atoms with Gasteiger partial charge in [-0.2, -0.15) is 0 Å². The summed E-state index contributed by atoms with van der Waals surface area (Å²) < 4.78 is 2.07. The number of amides is 1. The largest absolute Gasteiger partial charge is 0.354 e. The second-order valence-electron chi connectivity index (χ2n) is 4.45. The highest BCUT2D eigenvalue weighted by Crippen LogP contribution is 2.15. The van der Waals surface area contributed by atoms with Crippen LogP contribution in [0.2, 0.25) is 0 Å². The molecule has 1 aromatic rings. The molecular weight excluding hydrogens is 202 g/mol. The van der Waals surface area contributed by atoms with Gasteiger partial charge < -0.3 is 15.2 Å². The molecule has 0 aliphatic carbocycles. The molecule has 1 amide bonds. The summed E-state index contributed by atoms with van der Waals surface area (Å²) in [6, 6.07) is 3.98. The number of hydrogen-bond acceptors (Lipinski definition) is 2. The SMILES string of the molecule is CC1CNCC1C(=O)NCCn1cccc1. The van der Waals surface area contributed by atoms with E-state index in [1.165, 1.54) is 0 Å². The van der Waals surface area contributed by atoms with Gasteiger partial charge in [-0.25, -0.2) is 0 Å². The van der Waals surface area contributed by atoms with E-state index in [2.05, 4.69) is 22.1 Å². The first kappa shape index (κ1) is 11.2. The Morgan fingerprint density at radius 1 is 1.44 bits per heavy atom. The summed E-state index contributed by atoms with van der Waals surface area (Å²) in [6.07, 6.45) is 4.01. The van der Waals surface area contributed by atoms with Crippen molar-refractivity contribution in [3.63, 3.8) is 0 Å². The number of aromatic nitrogens is 1. The van der Waals surface area contributed by atoms with Crippen LogP contribution in [0.3, 0.4) is 0 Å². The van der Waals surface area contributed by atoms with Gasteiger partial charge in [0.15, 0.2) is 0 Å². The fourth-order valence-corrected chi connectivity index (χ4v) is 2.12. The van der Waals surface area contributed by atoms with Gasteiger partial charge in [0.05, 0.1) is 5.92 Å². The van der Waals surface area contributed by atoms with Crippen LogP contribution in [0.4, 0.5) is 0 Å². The van der Waals surface area contributed by atoms with Crippen molar-refractivity contribution in [2.75, 3.05) is 19.6 Å². The van der Waals surface area contributed by atoms with E-state index in [1.807, 2.05) is 24.5 Å². The van der Waals surface area contributed by atoms with Gasteiger partial charge in [-0.15, -0.1) is 0 Å². The number of nitrogens with one attached hydrogen (secondary N) is 2. The highest BCUT2D eigenvalue weighted by atomic mass is 16.1. The molecule has 2 unspecified atom stereocenters. The molecule has 0 spiro atoms. The summed E-state index contributed by atoms with van der Waals surface area (Å²) in [7, 11) is 0. The summed E-state index contributed by atoms with van der Waals surface area (Å²) in [4.78, 5) is 11.8. The summed E-state index contributed by atoms with van der Waals surface area (Å²) in [5, 5.41) is 6.23. The quantitative estimate of drug-likeness (QED) is 0.776. The van der Waals surface area contributed by atoms with Gasteiger partial charge in [-0.05, 0) is 24.6 Å². The van der Waals surface area contributed by atoms with Crippen LogP contribution in [-0.4, -0.2) is 30.1 Å². The van der Waals surface area contributed by atoms with Crippen LogP contribution >= 0.6 is 0 Å². The monoisotopic (exact) mass is 221 g/mol. The first-order valence-electron chi connectivity index (χ1n) is 5.86. The summed E-state index contributed by atoms with van der Waals surface area (Å²) in [6.45, 7) is 5.44. The van der Waals surface area contributed by atoms with Crippen molar-refractivity contribution in [1.82, 2.24) is 15.2 Å². The van der Waals surface area contributed by atoms with Gasteiger partial charge in [0, 0.05) is 32.0 Å². The first-order valence-corrected chi connectivity index (χ1v) is 5.86.